The summed E-state index contributed by atoms with van der Waals surface area (Å²) >= 11 is 1.46. The average molecular weight is 445 g/mol. The molecule has 0 unspecified atom stereocenters. The highest BCUT2D eigenvalue weighted by molar-refractivity contribution is 7.22. The molecule has 2 aliphatic rings. The second-order valence-corrected chi connectivity index (χ2v) is 9.55. The first-order valence-corrected chi connectivity index (χ1v) is 12.3. The van der Waals surface area contributed by atoms with Gasteiger partial charge in [0.25, 0.3) is 0 Å². The van der Waals surface area contributed by atoms with Crippen LogP contribution in [0.1, 0.15) is 51.9 Å². The number of hydrogen-bond donors (Lipinski definition) is 2. The molecule has 2 heterocycles. The second-order valence-electron chi connectivity index (χ2n) is 8.52. The van der Waals surface area contributed by atoms with Gasteiger partial charge in [-0.25, -0.2) is 4.98 Å². The van der Waals surface area contributed by atoms with Gasteiger partial charge in [0.2, 0.25) is 11.8 Å². The first kappa shape index (κ1) is 22.0. The number of rotatable bonds is 7. The van der Waals surface area contributed by atoms with E-state index in [4.69, 9.17) is 4.74 Å². The summed E-state index contributed by atoms with van der Waals surface area (Å²) < 4.78 is 6.53. The lowest BCUT2D eigenvalue weighted by atomic mass is 9.88. The van der Waals surface area contributed by atoms with Crippen LogP contribution in [0.4, 0.5) is 5.13 Å². The van der Waals surface area contributed by atoms with E-state index in [0.717, 1.165) is 54.7 Å². The summed E-state index contributed by atoms with van der Waals surface area (Å²) in [7, 11) is 0. The molecular formula is C23H32N4O3S. The lowest BCUT2D eigenvalue weighted by molar-refractivity contribution is -0.127. The minimum absolute atomic E-state index is 0.0474. The fourth-order valence-corrected chi connectivity index (χ4v) is 5.41. The van der Waals surface area contributed by atoms with E-state index in [1.165, 1.54) is 30.6 Å². The number of amides is 2. The molecule has 2 N–H and O–H groups in total. The van der Waals surface area contributed by atoms with Crippen LogP contribution in [0.2, 0.25) is 0 Å². The SMILES string of the molecule is CCOc1ccc2nc(NC(=O)CN3CCC(NC(=O)C4CCCCC4)CC3)sc2c1. The molecule has 0 spiro atoms. The van der Waals surface area contributed by atoms with Crippen LogP contribution in [0.3, 0.4) is 0 Å². The molecule has 1 aromatic carbocycles. The highest BCUT2D eigenvalue weighted by atomic mass is 32.1. The molecule has 1 saturated carbocycles. The minimum Gasteiger partial charge on any atom is -0.494 e. The number of thiazole rings is 1. The minimum atomic E-state index is -0.0474. The molecule has 8 heteroatoms. The fraction of sp³-hybridized carbons (Fsp3) is 0.609. The number of ether oxygens (including phenoxy) is 1. The Kier molecular flexibility index (Phi) is 7.40. The number of anilines is 1. The normalized spacial score (nSPS) is 18.7. The van der Waals surface area contributed by atoms with Crippen molar-refractivity contribution in [2.75, 3.05) is 31.6 Å². The van der Waals surface area contributed by atoms with Gasteiger partial charge in [-0.15, -0.1) is 0 Å². The highest BCUT2D eigenvalue weighted by Crippen LogP contribution is 2.29. The molecule has 0 radical (unpaired) electrons. The third-order valence-electron chi connectivity index (χ3n) is 6.19. The van der Waals surface area contributed by atoms with E-state index in [9.17, 15) is 9.59 Å². The Morgan fingerprint density at radius 2 is 1.94 bits per heavy atom. The first-order valence-electron chi connectivity index (χ1n) is 11.5. The Bertz CT molecular complexity index is 901. The summed E-state index contributed by atoms with van der Waals surface area (Å²) in [5.41, 5.74) is 0.860. The maximum absolute atomic E-state index is 12.5. The van der Waals surface area contributed by atoms with Gasteiger partial charge in [-0.1, -0.05) is 30.6 Å². The van der Waals surface area contributed by atoms with E-state index in [2.05, 4.69) is 20.5 Å². The first-order chi connectivity index (χ1) is 15.1. The molecule has 0 bridgehead atoms. The standard InChI is InChI=1S/C23H32N4O3S/c1-2-30-18-8-9-19-20(14-18)31-23(25-19)26-21(28)15-27-12-10-17(11-13-27)24-22(29)16-6-4-3-5-7-16/h8-9,14,16-17H,2-7,10-13,15H2,1H3,(H,24,29)(H,25,26,28). The number of nitrogens with one attached hydrogen (secondary N) is 2. The molecule has 168 valence electrons. The van der Waals surface area contributed by atoms with Crippen molar-refractivity contribution in [1.82, 2.24) is 15.2 Å². The van der Waals surface area contributed by atoms with Crippen molar-refractivity contribution in [1.29, 1.82) is 0 Å². The molecule has 1 aliphatic heterocycles. The lowest BCUT2D eigenvalue weighted by Crippen LogP contribution is -2.48. The lowest BCUT2D eigenvalue weighted by Gasteiger charge is -2.33. The third-order valence-corrected chi connectivity index (χ3v) is 7.13. The Balaban J connectivity index is 1.22. The van der Waals surface area contributed by atoms with Crippen LogP contribution in [0.25, 0.3) is 10.2 Å². The van der Waals surface area contributed by atoms with E-state index in [1.807, 2.05) is 25.1 Å². The largest absolute Gasteiger partial charge is 0.494 e. The maximum atomic E-state index is 12.5. The van der Waals surface area contributed by atoms with Gasteiger partial charge < -0.3 is 15.4 Å². The van der Waals surface area contributed by atoms with Crippen LogP contribution in [-0.4, -0.2) is 54.0 Å². The molecule has 2 amide bonds. The van der Waals surface area contributed by atoms with Gasteiger partial charge in [0.1, 0.15) is 5.75 Å². The summed E-state index contributed by atoms with van der Waals surface area (Å²) in [6.07, 6.45) is 7.46. The fourth-order valence-electron chi connectivity index (χ4n) is 4.50. The quantitative estimate of drug-likeness (QED) is 0.679. The third kappa shape index (κ3) is 5.95. The van der Waals surface area contributed by atoms with E-state index >= 15 is 0 Å². The predicted molar refractivity (Wildman–Crippen MR) is 124 cm³/mol. The number of likely N-dealkylation sites (tertiary alicyclic amines) is 1. The van der Waals surface area contributed by atoms with E-state index < -0.39 is 0 Å². The number of aromatic nitrogens is 1. The zero-order chi connectivity index (χ0) is 21.6. The number of fused-ring (bicyclic) bond motifs is 1. The van der Waals surface area contributed by atoms with Crippen LogP contribution in [0.15, 0.2) is 18.2 Å². The van der Waals surface area contributed by atoms with Gasteiger partial charge in [0.05, 0.1) is 23.4 Å². The predicted octanol–water partition coefficient (Wildman–Crippen LogP) is 3.79. The van der Waals surface area contributed by atoms with E-state index in [0.29, 0.717) is 18.3 Å². The van der Waals surface area contributed by atoms with Gasteiger partial charge in [-0.05, 0) is 50.8 Å². The summed E-state index contributed by atoms with van der Waals surface area (Å²) in [5.74, 6) is 1.21. The summed E-state index contributed by atoms with van der Waals surface area (Å²) in [4.78, 5) is 31.6. The number of carbonyl (C=O) groups excluding carboxylic acids is 2. The Labute approximate surface area is 187 Å². The van der Waals surface area contributed by atoms with Gasteiger partial charge in [-0.2, -0.15) is 0 Å². The molecule has 2 fully saturated rings. The highest BCUT2D eigenvalue weighted by Gasteiger charge is 2.26. The monoisotopic (exact) mass is 444 g/mol. The van der Waals surface area contributed by atoms with Crippen molar-refractivity contribution in [3.05, 3.63) is 18.2 Å². The van der Waals surface area contributed by atoms with Crippen LogP contribution in [0.5, 0.6) is 5.75 Å². The van der Waals surface area contributed by atoms with Crippen molar-refractivity contribution in [2.24, 2.45) is 5.92 Å². The van der Waals surface area contributed by atoms with Gasteiger partial charge in [0.15, 0.2) is 5.13 Å². The van der Waals surface area contributed by atoms with Gasteiger partial charge in [-0.3, -0.25) is 14.5 Å². The van der Waals surface area contributed by atoms with Crippen molar-refractivity contribution >= 4 is 38.5 Å². The maximum Gasteiger partial charge on any atom is 0.240 e. The van der Waals surface area contributed by atoms with Crippen molar-refractivity contribution in [2.45, 2.75) is 57.9 Å². The molecule has 1 saturated heterocycles. The van der Waals surface area contributed by atoms with Crippen LogP contribution in [0, 0.1) is 5.92 Å². The molecule has 0 atom stereocenters. The van der Waals surface area contributed by atoms with Crippen molar-refractivity contribution < 1.29 is 14.3 Å². The second kappa shape index (κ2) is 10.4. The van der Waals surface area contributed by atoms with Crippen molar-refractivity contribution in [3.8, 4) is 5.75 Å². The molecule has 1 aliphatic carbocycles. The van der Waals surface area contributed by atoms with Gasteiger partial charge >= 0.3 is 0 Å². The zero-order valence-corrected chi connectivity index (χ0v) is 19.0. The number of hydrogen-bond acceptors (Lipinski definition) is 6. The molecule has 1 aromatic heterocycles. The molecule has 31 heavy (non-hydrogen) atoms. The smallest absolute Gasteiger partial charge is 0.240 e. The Hall–Kier alpha value is -2.19. The van der Waals surface area contributed by atoms with Crippen molar-refractivity contribution in [3.63, 3.8) is 0 Å². The van der Waals surface area contributed by atoms with E-state index in [1.54, 1.807) is 0 Å². The number of carbonyl (C=O) groups is 2. The molecular weight excluding hydrogens is 412 g/mol. The zero-order valence-electron chi connectivity index (χ0n) is 18.2. The Morgan fingerprint density at radius 3 is 2.68 bits per heavy atom. The molecule has 7 nitrogen and oxygen atoms in total. The molecule has 4 rings (SSSR count). The number of nitrogens with zero attached hydrogens (tertiary/aromatic N) is 2. The summed E-state index contributed by atoms with van der Waals surface area (Å²) in [6, 6.07) is 6.00. The van der Waals surface area contributed by atoms with Crippen LogP contribution in [-0.2, 0) is 9.59 Å². The van der Waals surface area contributed by atoms with Gasteiger partial charge in [0, 0.05) is 25.0 Å². The van der Waals surface area contributed by atoms with Crippen LogP contribution < -0.4 is 15.4 Å². The Morgan fingerprint density at radius 1 is 1.16 bits per heavy atom. The van der Waals surface area contributed by atoms with Crippen LogP contribution >= 0.6 is 11.3 Å². The molecule has 2 aromatic rings. The number of benzene rings is 1. The average Bonchev–Trinajstić information content (AvgIpc) is 3.17. The van der Waals surface area contributed by atoms with E-state index in [-0.39, 0.29) is 23.8 Å². The number of piperidine rings is 1. The summed E-state index contributed by atoms with van der Waals surface area (Å²) in [6.45, 7) is 4.56. The summed E-state index contributed by atoms with van der Waals surface area (Å²) in [5, 5.41) is 6.79. The topological polar surface area (TPSA) is 83.6 Å².